The zero-order valence-corrected chi connectivity index (χ0v) is 19.2. The molecular formula is C25H33NO2S. The van der Waals surface area contributed by atoms with Crippen molar-refractivity contribution in [3.63, 3.8) is 0 Å². The molecule has 0 aliphatic heterocycles. The smallest absolute Gasteiger partial charge is 0.230 e. The number of thiophene rings is 1. The molecule has 2 aliphatic carbocycles. The van der Waals surface area contributed by atoms with Gasteiger partial charge in [0.1, 0.15) is 5.78 Å². The minimum Gasteiger partial charge on any atom is -0.308 e. The fourth-order valence-corrected chi connectivity index (χ4v) is 5.01. The van der Waals surface area contributed by atoms with Gasteiger partial charge in [-0.1, -0.05) is 30.4 Å². The molecule has 2 atom stereocenters. The van der Waals surface area contributed by atoms with Crippen molar-refractivity contribution >= 4 is 28.7 Å². The first kappa shape index (κ1) is 21.8. The minimum atomic E-state index is -0.0505. The fourth-order valence-electron chi connectivity index (χ4n) is 4.28. The molecule has 29 heavy (non-hydrogen) atoms. The second-order valence-corrected chi connectivity index (χ2v) is 10.6. The van der Waals surface area contributed by atoms with Crippen LogP contribution < -0.4 is 4.90 Å². The van der Waals surface area contributed by atoms with Crippen LogP contribution in [0.4, 0.5) is 5.69 Å². The Kier molecular flexibility index (Phi) is 6.69. The van der Waals surface area contributed by atoms with Gasteiger partial charge in [0.05, 0.1) is 10.6 Å². The Bertz CT molecular complexity index is 851. The van der Waals surface area contributed by atoms with E-state index >= 15 is 0 Å². The van der Waals surface area contributed by atoms with Crippen molar-refractivity contribution in [3.8, 4) is 11.8 Å². The molecule has 1 saturated carbocycles. The van der Waals surface area contributed by atoms with Gasteiger partial charge in [0, 0.05) is 35.6 Å². The highest BCUT2D eigenvalue weighted by molar-refractivity contribution is 7.11. The molecule has 0 radical (unpaired) electrons. The van der Waals surface area contributed by atoms with Crippen LogP contribution in [-0.2, 0) is 9.59 Å². The summed E-state index contributed by atoms with van der Waals surface area (Å²) in [5.41, 5.74) is 2.29. The van der Waals surface area contributed by atoms with Crippen LogP contribution in [0.3, 0.4) is 0 Å². The fraction of sp³-hybridized carbons (Fsp3) is 0.600. The van der Waals surface area contributed by atoms with Gasteiger partial charge in [0.2, 0.25) is 5.91 Å². The standard InChI is InChI=1S/C25H33NO2S/c1-17-6-11-23(18(2)14-17)24(28)26(19-7-9-21(27)10-8-19)20-15-22(29-16-20)12-13-25(3,4)5/h6,15-16,18-19,23H,7-11,14H2,1-5H3/t18-,23?/m0/s1. The summed E-state index contributed by atoms with van der Waals surface area (Å²) >= 11 is 1.60. The van der Waals surface area contributed by atoms with E-state index < -0.39 is 0 Å². The molecule has 2 aliphatic rings. The molecule has 0 spiro atoms. The van der Waals surface area contributed by atoms with Gasteiger partial charge in [0.15, 0.2) is 0 Å². The third kappa shape index (κ3) is 5.60. The number of rotatable bonds is 3. The van der Waals surface area contributed by atoms with Crippen molar-refractivity contribution in [2.75, 3.05) is 4.90 Å². The van der Waals surface area contributed by atoms with E-state index in [2.05, 4.69) is 64.0 Å². The van der Waals surface area contributed by atoms with Crippen LogP contribution in [-0.4, -0.2) is 17.7 Å². The van der Waals surface area contributed by atoms with Gasteiger partial charge in [0.25, 0.3) is 0 Å². The molecule has 3 nitrogen and oxygen atoms in total. The summed E-state index contributed by atoms with van der Waals surface area (Å²) in [5.74, 6) is 7.45. The average Bonchev–Trinajstić information content (AvgIpc) is 3.10. The summed E-state index contributed by atoms with van der Waals surface area (Å²) < 4.78 is 0. The second-order valence-electron chi connectivity index (χ2n) is 9.72. The van der Waals surface area contributed by atoms with Gasteiger partial charge in [-0.2, -0.15) is 0 Å². The normalized spacial score (nSPS) is 23.2. The van der Waals surface area contributed by atoms with E-state index in [0.29, 0.717) is 24.5 Å². The van der Waals surface area contributed by atoms with E-state index in [9.17, 15) is 9.59 Å². The first-order chi connectivity index (χ1) is 13.6. The Hall–Kier alpha value is -1.86. The molecule has 4 heteroatoms. The number of Topliss-reactive ketones (excluding diaryl/α,β-unsaturated/α-hetero) is 1. The van der Waals surface area contributed by atoms with Crippen molar-refractivity contribution in [1.82, 2.24) is 0 Å². The van der Waals surface area contributed by atoms with Crippen LogP contribution in [0.1, 0.15) is 78.0 Å². The Morgan fingerprint density at radius 1 is 1.24 bits per heavy atom. The Labute approximate surface area is 179 Å². The average molecular weight is 412 g/mol. The predicted molar refractivity (Wildman–Crippen MR) is 121 cm³/mol. The molecule has 1 heterocycles. The highest BCUT2D eigenvalue weighted by atomic mass is 32.1. The maximum absolute atomic E-state index is 13.7. The van der Waals surface area contributed by atoms with Crippen LogP contribution in [0, 0.1) is 29.1 Å². The van der Waals surface area contributed by atoms with Crippen LogP contribution >= 0.6 is 11.3 Å². The summed E-state index contributed by atoms with van der Waals surface area (Å²) in [7, 11) is 0. The van der Waals surface area contributed by atoms with Gasteiger partial charge in [-0.25, -0.2) is 0 Å². The minimum absolute atomic E-state index is 0.0142. The molecule has 1 aromatic heterocycles. The molecule has 0 bridgehead atoms. The molecule has 156 valence electrons. The number of anilines is 1. The SMILES string of the molecule is CC1=CCC(C(=O)N(c2csc(C#CC(C)(C)C)c2)C2CCC(=O)CC2)[C@@H](C)C1. The lowest BCUT2D eigenvalue weighted by Crippen LogP contribution is -2.47. The maximum Gasteiger partial charge on any atom is 0.230 e. The summed E-state index contributed by atoms with van der Waals surface area (Å²) in [6.07, 6.45) is 6.70. The van der Waals surface area contributed by atoms with Crippen LogP contribution in [0.25, 0.3) is 0 Å². The van der Waals surface area contributed by atoms with Crippen molar-refractivity contribution in [3.05, 3.63) is 28.0 Å². The summed E-state index contributed by atoms with van der Waals surface area (Å²) in [6.45, 7) is 10.6. The highest BCUT2D eigenvalue weighted by Gasteiger charge is 2.36. The van der Waals surface area contributed by atoms with Crippen molar-refractivity contribution in [1.29, 1.82) is 0 Å². The Morgan fingerprint density at radius 3 is 2.55 bits per heavy atom. The van der Waals surface area contributed by atoms with E-state index in [1.807, 2.05) is 4.90 Å². The third-order valence-corrected chi connectivity index (χ3v) is 6.74. The molecule has 1 aromatic rings. The number of hydrogen-bond donors (Lipinski definition) is 0. The van der Waals surface area contributed by atoms with E-state index in [1.165, 1.54) is 5.57 Å². The Morgan fingerprint density at radius 2 is 1.93 bits per heavy atom. The van der Waals surface area contributed by atoms with E-state index in [1.54, 1.807) is 11.3 Å². The summed E-state index contributed by atoms with van der Waals surface area (Å²) in [5, 5.41) is 2.07. The first-order valence-corrected chi connectivity index (χ1v) is 11.6. The van der Waals surface area contributed by atoms with Crippen molar-refractivity contribution in [2.24, 2.45) is 17.3 Å². The lowest BCUT2D eigenvalue weighted by Gasteiger charge is -2.38. The van der Waals surface area contributed by atoms with Gasteiger partial charge >= 0.3 is 0 Å². The Balaban J connectivity index is 1.89. The lowest BCUT2D eigenvalue weighted by molar-refractivity contribution is -0.126. The largest absolute Gasteiger partial charge is 0.308 e. The molecule has 1 amide bonds. The van der Waals surface area contributed by atoms with Crippen LogP contribution in [0.15, 0.2) is 23.1 Å². The predicted octanol–water partition coefficient (Wildman–Crippen LogP) is 5.98. The number of amides is 1. The highest BCUT2D eigenvalue weighted by Crippen LogP contribution is 2.36. The van der Waals surface area contributed by atoms with Gasteiger partial charge in [-0.3, -0.25) is 9.59 Å². The number of carbonyl (C=O) groups excluding carboxylic acids is 2. The summed E-state index contributed by atoms with van der Waals surface area (Å²) in [6, 6.07) is 2.17. The maximum atomic E-state index is 13.7. The molecule has 1 unspecified atom stereocenters. The van der Waals surface area contributed by atoms with Gasteiger partial charge in [-0.15, -0.1) is 11.3 Å². The number of ketones is 1. The zero-order valence-electron chi connectivity index (χ0n) is 18.4. The monoisotopic (exact) mass is 411 g/mol. The molecular weight excluding hydrogens is 378 g/mol. The lowest BCUT2D eigenvalue weighted by atomic mass is 9.79. The van der Waals surface area contributed by atoms with Gasteiger partial charge < -0.3 is 4.90 Å². The number of nitrogens with zero attached hydrogens (tertiary/aromatic N) is 1. The topological polar surface area (TPSA) is 37.4 Å². The number of carbonyl (C=O) groups is 2. The van der Waals surface area contributed by atoms with E-state index in [0.717, 1.165) is 36.2 Å². The van der Waals surface area contributed by atoms with Crippen LogP contribution in [0.5, 0.6) is 0 Å². The second kappa shape index (κ2) is 8.88. The quantitative estimate of drug-likeness (QED) is 0.453. The number of hydrogen-bond acceptors (Lipinski definition) is 3. The number of allylic oxidation sites excluding steroid dienone is 2. The molecule has 1 fully saturated rings. The van der Waals surface area contributed by atoms with Gasteiger partial charge in [-0.05, 0) is 65.4 Å². The van der Waals surface area contributed by atoms with Crippen molar-refractivity contribution < 1.29 is 9.59 Å². The van der Waals surface area contributed by atoms with Crippen LogP contribution in [0.2, 0.25) is 0 Å². The molecule has 0 N–H and O–H groups in total. The van der Waals surface area contributed by atoms with E-state index in [-0.39, 0.29) is 23.3 Å². The third-order valence-electron chi connectivity index (χ3n) is 5.91. The van der Waals surface area contributed by atoms with Crippen molar-refractivity contribution in [2.45, 2.75) is 79.2 Å². The molecule has 0 saturated heterocycles. The van der Waals surface area contributed by atoms with E-state index in [4.69, 9.17) is 0 Å². The molecule has 0 aromatic carbocycles. The zero-order chi connectivity index (χ0) is 21.2. The molecule has 3 rings (SSSR count). The first-order valence-electron chi connectivity index (χ1n) is 10.8. The summed E-state index contributed by atoms with van der Waals surface area (Å²) in [4.78, 5) is 28.5.